The molecule has 0 heterocycles. The van der Waals surface area contributed by atoms with Gasteiger partial charge in [-0.2, -0.15) is 0 Å². The highest BCUT2D eigenvalue weighted by molar-refractivity contribution is 6.31. The first-order valence-corrected chi connectivity index (χ1v) is 6.94. The summed E-state index contributed by atoms with van der Waals surface area (Å²) < 4.78 is 5.85. The van der Waals surface area contributed by atoms with Crippen LogP contribution in [0.25, 0.3) is 0 Å². The maximum Gasteiger partial charge on any atom is 0.124 e. The predicted molar refractivity (Wildman–Crippen MR) is 88.3 cm³/mol. The average molecular weight is 328 g/mol. The number of aliphatic hydroxyl groups is 1. The van der Waals surface area contributed by atoms with E-state index in [9.17, 15) is 0 Å². The van der Waals surface area contributed by atoms with Crippen LogP contribution in [0.4, 0.5) is 0 Å². The fourth-order valence-electron chi connectivity index (χ4n) is 1.86. The Morgan fingerprint density at radius 3 is 2.38 bits per heavy atom. The molecule has 2 aromatic rings. The van der Waals surface area contributed by atoms with E-state index >= 15 is 0 Å². The second-order valence-corrected chi connectivity index (χ2v) is 4.80. The van der Waals surface area contributed by atoms with Gasteiger partial charge in [0.15, 0.2) is 0 Å². The highest BCUT2D eigenvalue weighted by Crippen LogP contribution is 2.21. The van der Waals surface area contributed by atoms with Gasteiger partial charge in [-0.05, 0) is 12.1 Å². The molecule has 0 bridgehead atoms. The Balaban J connectivity index is 0.00000220. The molecule has 0 saturated carbocycles. The molecule has 0 fully saturated rings. The van der Waals surface area contributed by atoms with Gasteiger partial charge in [0, 0.05) is 29.2 Å². The molecule has 0 amide bonds. The molecule has 21 heavy (non-hydrogen) atoms. The van der Waals surface area contributed by atoms with Crippen molar-refractivity contribution < 1.29 is 9.84 Å². The van der Waals surface area contributed by atoms with E-state index < -0.39 is 0 Å². The highest BCUT2D eigenvalue weighted by atomic mass is 35.5. The van der Waals surface area contributed by atoms with Gasteiger partial charge in [-0.25, -0.2) is 0 Å². The van der Waals surface area contributed by atoms with Gasteiger partial charge < -0.3 is 15.2 Å². The Hall–Kier alpha value is -1.26. The van der Waals surface area contributed by atoms with Gasteiger partial charge in [-0.1, -0.05) is 48.0 Å². The lowest BCUT2D eigenvalue weighted by Gasteiger charge is -2.12. The molecule has 0 radical (unpaired) electrons. The lowest BCUT2D eigenvalue weighted by Crippen LogP contribution is -2.18. The van der Waals surface area contributed by atoms with Crippen LogP contribution < -0.4 is 10.1 Å². The molecule has 114 valence electrons. The van der Waals surface area contributed by atoms with Crippen LogP contribution in [0.3, 0.4) is 0 Å². The molecule has 0 saturated heterocycles. The minimum atomic E-state index is 0. The van der Waals surface area contributed by atoms with E-state index in [2.05, 4.69) is 5.32 Å². The molecular formula is C16H19Cl2NO2. The molecule has 0 aliphatic carbocycles. The molecule has 0 spiro atoms. The van der Waals surface area contributed by atoms with E-state index in [1.54, 1.807) is 0 Å². The molecular weight excluding hydrogens is 309 g/mol. The number of aliphatic hydroxyl groups excluding tert-OH is 1. The van der Waals surface area contributed by atoms with Crippen LogP contribution in [-0.2, 0) is 13.2 Å². The topological polar surface area (TPSA) is 41.5 Å². The number of hydrogen-bond acceptors (Lipinski definition) is 3. The minimum Gasteiger partial charge on any atom is -0.489 e. The third kappa shape index (κ3) is 5.56. The molecule has 0 aromatic heterocycles. The smallest absolute Gasteiger partial charge is 0.124 e. The largest absolute Gasteiger partial charge is 0.489 e. The SMILES string of the molecule is Cl.OCCNCc1ccccc1OCc1ccccc1Cl. The Morgan fingerprint density at radius 2 is 1.67 bits per heavy atom. The predicted octanol–water partition coefficient (Wildman–Crippen LogP) is 3.42. The maximum absolute atomic E-state index is 8.79. The van der Waals surface area contributed by atoms with Crippen LogP contribution in [-0.4, -0.2) is 18.3 Å². The molecule has 5 heteroatoms. The summed E-state index contributed by atoms with van der Waals surface area (Å²) in [5.41, 5.74) is 2.03. The number of rotatable bonds is 7. The first-order chi connectivity index (χ1) is 9.81. The zero-order valence-electron chi connectivity index (χ0n) is 11.6. The number of hydrogen-bond donors (Lipinski definition) is 2. The second kappa shape index (κ2) is 9.64. The Kier molecular flexibility index (Phi) is 8.16. The molecule has 2 rings (SSSR count). The molecule has 0 aliphatic heterocycles. The molecule has 0 aliphatic rings. The summed E-state index contributed by atoms with van der Waals surface area (Å²) in [6, 6.07) is 15.5. The summed E-state index contributed by atoms with van der Waals surface area (Å²) in [7, 11) is 0. The van der Waals surface area contributed by atoms with Crippen molar-refractivity contribution in [3.63, 3.8) is 0 Å². The van der Waals surface area contributed by atoms with Crippen LogP contribution in [0.5, 0.6) is 5.75 Å². The van der Waals surface area contributed by atoms with Gasteiger partial charge in [0.25, 0.3) is 0 Å². The van der Waals surface area contributed by atoms with Crippen LogP contribution in [0.1, 0.15) is 11.1 Å². The number of nitrogens with one attached hydrogen (secondary N) is 1. The summed E-state index contributed by atoms with van der Waals surface area (Å²) in [5, 5.41) is 12.6. The average Bonchev–Trinajstić information content (AvgIpc) is 2.48. The molecule has 0 atom stereocenters. The van der Waals surface area contributed by atoms with E-state index in [0.29, 0.717) is 24.7 Å². The van der Waals surface area contributed by atoms with Gasteiger partial charge in [-0.15, -0.1) is 12.4 Å². The Labute approximate surface area is 136 Å². The third-order valence-corrected chi connectivity index (χ3v) is 3.29. The Morgan fingerprint density at radius 1 is 1.00 bits per heavy atom. The van der Waals surface area contributed by atoms with Crippen molar-refractivity contribution in [1.29, 1.82) is 0 Å². The summed E-state index contributed by atoms with van der Waals surface area (Å²) in [6.07, 6.45) is 0. The number of benzene rings is 2. The number of para-hydroxylation sites is 1. The van der Waals surface area contributed by atoms with Crippen molar-refractivity contribution in [3.8, 4) is 5.75 Å². The van der Waals surface area contributed by atoms with Crippen molar-refractivity contribution in [2.45, 2.75) is 13.2 Å². The first-order valence-electron chi connectivity index (χ1n) is 6.57. The third-order valence-electron chi connectivity index (χ3n) is 2.92. The quantitative estimate of drug-likeness (QED) is 0.765. The van der Waals surface area contributed by atoms with E-state index in [-0.39, 0.29) is 19.0 Å². The fourth-order valence-corrected chi connectivity index (χ4v) is 2.05. The first kappa shape index (κ1) is 17.8. The van der Waals surface area contributed by atoms with Gasteiger partial charge in [0.05, 0.1) is 6.61 Å². The summed E-state index contributed by atoms with van der Waals surface area (Å²) in [4.78, 5) is 0. The fraction of sp³-hybridized carbons (Fsp3) is 0.250. The maximum atomic E-state index is 8.79. The van der Waals surface area contributed by atoms with Gasteiger partial charge in [0.1, 0.15) is 12.4 Å². The minimum absolute atomic E-state index is 0. The zero-order valence-corrected chi connectivity index (χ0v) is 13.2. The van der Waals surface area contributed by atoms with E-state index in [4.69, 9.17) is 21.4 Å². The molecule has 2 N–H and O–H groups in total. The summed E-state index contributed by atoms with van der Waals surface area (Å²) in [5.74, 6) is 0.831. The van der Waals surface area contributed by atoms with Crippen molar-refractivity contribution >= 4 is 24.0 Å². The van der Waals surface area contributed by atoms with Crippen molar-refractivity contribution in [1.82, 2.24) is 5.32 Å². The summed E-state index contributed by atoms with van der Waals surface area (Å²) >= 11 is 6.11. The standard InChI is InChI=1S/C16H18ClNO2.ClH/c17-15-7-3-1-6-14(15)12-20-16-8-4-2-5-13(16)11-18-9-10-19;/h1-8,18-19H,9-12H2;1H. The van der Waals surface area contributed by atoms with Crippen LogP contribution in [0.2, 0.25) is 5.02 Å². The monoisotopic (exact) mass is 327 g/mol. The van der Waals surface area contributed by atoms with Crippen molar-refractivity contribution in [2.75, 3.05) is 13.2 Å². The van der Waals surface area contributed by atoms with Gasteiger partial charge >= 0.3 is 0 Å². The van der Waals surface area contributed by atoms with E-state index in [1.165, 1.54) is 0 Å². The zero-order chi connectivity index (χ0) is 14.2. The molecule has 2 aromatic carbocycles. The van der Waals surface area contributed by atoms with E-state index in [0.717, 1.165) is 16.9 Å². The van der Waals surface area contributed by atoms with Crippen LogP contribution >= 0.6 is 24.0 Å². The highest BCUT2D eigenvalue weighted by Gasteiger charge is 2.04. The van der Waals surface area contributed by atoms with Crippen LogP contribution in [0.15, 0.2) is 48.5 Å². The molecule has 0 unspecified atom stereocenters. The lowest BCUT2D eigenvalue weighted by atomic mass is 10.2. The van der Waals surface area contributed by atoms with Crippen molar-refractivity contribution in [3.05, 3.63) is 64.7 Å². The summed E-state index contributed by atoms with van der Waals surface area (Å²) in [6.45, 7) is 1.80. The van der Waals surface area contributed by atoms with E-state index in [1.807, 2.05) is 48.5 Å². The number of ether oxygens (including phenoxy) is 1. The van der Waals surface area contributed by atoms with Gasteiger partial charge in [-0.3, -0.25) is 0 Å². The van der Waals surface area contributed by atoms with Crippen LogP contribution in [0, 0.1) is 0 Å². The second-order valence-electron chi connectivity index (χ2n) is 4.39. The normalized spacial score (nSPS) is 10.0. The molecule has 3 nitrogen and oxygen atoms in total. The van der Waals surface area contributed by atoms with Crippen molar-refractivity contribution in [2.24, 2.45) is 0 Å². The Bertz CT molecular complexity index is 549. The van der Waals surface area contributed by atoms with Gasteiger partial charge in [0.2, 0.25) is 0 Å². The lowest BCUT2D eigenvalue weighted by molar-refractivity contribution is 0.288. The number of halogens is 2.